The van der Waals surface area contributed by atoms with E-state index in [-0.39, 0.29) is 0 Å². The minimum absolute atomic E-state index is 0.782. The fraction of sp³-hybridized carbons (Fsp3) is 0. The van der Waals surface area contributed by atoms with Crippen LogP contribution >= 0.6 is 11.3 Å². The molecule has 3 aromatic heterocycles. The molecule has 0 aliphatic heterocycles. The van der Waals surface area contributed by atoms with Gasteiger partial charge in [0.15, 0.2) is 11.5 Å². The molecule has 0 spiro atoms. The molecule has 0 aliphatic rings. The van der Waals surface area contributed by atoms with Crippen LogP contribution in [0.1, 0.15) is 0 Å². The van der Waals surface area contributed by atoms with Gasteiger partial charge in [-0.1, -0.05) is 0 Å². The average molecular weight is 216 g/mol. The zero-order valence-electron chi connectivity index (χ0n) is 7.79. The van der Waals surface area contributed by atoms with E-state index in [1.807, 2.05) is 34.3 Å². The van der Waals surface area contributed by atoms with Gasteiger partial charge in [0.25, 0.3) is 0 Å². The highest BCUT2D eigenvalue weighted by atomic mass is 32.1. The molecular formula is C10H8N4S. The van der Waals surface area contributed by atoms with Crippen LogP contribution in [0.15, 0.2) is 42.3 Å². The fourth-order valence-electron chi connectivity index (χ4n) is 1.41. The van der Waals surface area contributed by atoms with Crippen LogP contribution in [0, 0.1) is 0 Å². The Bertz CT molecular complexity index is 570. The molecule has 0 atom stereocenters. The van der Waals surface area contributed by atoms with Crippen molar-refractivity contribution < 1.29 is 0 Å². The van der Waals surface area contributed by atoms with Gasteiger partial charge in [-0.3, -0.25) is 0 Å². The Kier molecular flexibility index (Phi) is 1.89. The predicted octanol–water partition coefficient (Wildman–Crippen LogP) is 2.53. The molecule has 1 N–H and O–H groups in total. The summed E-state index contributed by atoms with van der Waals surface area (Å²) >= 11 is 1.64. The lowest BCUT2D eigenvalue weighted by Gasteiger charge is -2.03. The SMILES string of the molecule is c1csc(Nc2nccn3ccnc23)c1. The molecule has 0 amide bonds. The number of aromatic nitrogens is 3. The summed E-state index contributed by atoms with van der Waals surface area (Å²) in [4.78, 5) is 8.51. The molecule has 0 radical (unpaired) electrons. The van der Waals surface area contributed by atoms with Gasteiger partial charge >= 0.3 is 0 Å². The molecule has 0 aromatic carbocycles. The van der Waals surface area contributed by atoms with Crippen molar-refractivity contribution in [3.05, 3.63) is 42.3 Å². The van der Waals surface area contributed by atoms with Gasteiger partial charge in [-0.15, -0.1) is 11.3 Å². The standard InChI is InChI=1S/C10H8N4S/c1-2-8(15-7-1)13-9-10-12-4-6-14(10)5-3-11-9/h1-7H,(H,11,13). The Labute approximate surface area is 90.2 Å². The van der Waals surface area contributed by atoms with Crippen LogP contribution in [0.5, 0.6) is 0 Å². The molecule has 0 aliphatic carbocycles. The lowest BCUT2D eigenvalue weighted by Crippen LogP contribution is -1.95. The van der Waals surface area contributed by atoms with Gasteiger partial charge in [0, 0.05) is 24.8 Å². The second-order valence-electron chi connectivity index (χ2n) is 3.04. The van der Waals surface area contributed by atoms with Gasteiger partial charge in [0.05, 0.1) is 5.00 Å². The zero-order valence-corrected chi connectivity index (χ0v) is 8.61. The van der Waals surface area contributed by atoms with E-state index < -0.39 is 0 Å². The molecule has 3 rings (SSSR count). The number of hydrogen-bond donors (Lipinski definition) is 1. The normalized spacial score (nSPS) is 10.7. The molecule has 0 saturated heterocycles. The molecule has 74 valence electrons. The summed E-state index contributed by atoms with van der Waals surface area (Å²) in [7, 11) is 0. The van der Waals surface area contributed by atoms with Crippen molar-refractivity contribution in [2.75, 3.05) is 5.32 Å². The van der Waals surface area contributed by atoms with Crippen molar-refractivity contribution in [3.63, 3.8) is 0 Å². The third kappa shape index (κ3) is 1.46. The van der Waals surface area contributed by atoms with Crippen LogP contribution in [0.2, 0.25) is 0 Å². The first kappa shape index (κ1) is 8.43. The number of thiophene rings is 1. The minimum atomic E-state index is 0.782. The molecule has 3 aromatic rings. The highest BCUT2D eigenvalue weighted by molar-refractivity contribution is 7.14. The van der Waals surface area contributed by atoms with E-state index in [9.17, 15) is 0 Å². The van der Waals surface area contributed by atoms with E-state index >= 15 is 0 Å². The van der Waals surface area contributed by atoms with E-state index in [2.05, 4.69) is 15.3 Å². The Morgan fingerprint density at radius 2 is 2.07 bits per heavy atom. The molecule has 4 nitrogen and oxygen atoms in total. The number of imidazole rings is 1. The summed E-state index contributed by atoms with van der Waals surface area (Å²) in [5.74, 6) is 0.782. The lowest BCUT2D eigenvalue weighted by atomic mass is 10.5. The van der Waals surface area contributed by atoms with Crippen LogP contribution in [0.4, 0.5) is 10.8 Å². The summed E-state index contributed by atoms with van der Waals surface area (Å²) in [6, 6.07) is 4.01. The molecule has 0 saturated carbocycles. The molecule has 3 heterocycles. The van der Waals surface area contributed by atoms with Crippen molar-refractivity contribution in [2.45, 2.75) is 0 Å². The van der Waals surface area contributed by atoms with E-state index in [1.54, 1.807) is 23.7 Å². The van der Waals surface area contributed by atoms with Crippen LogP contribution in [0.3, 0.4) is 0 Å². The molecule has 0 bridgehead atoms. The minimum Gasteiger partial charge on any atom is -0.329 e. The first-order chi connectivity index (χ1) is 7.43. The summed E-state index contributed by atoms with van der Waals surface area (Å²) in [6.07, 6.45) is 7.29. The zero-order chi connectivity index (χ0) is 10.1. The summed E-state index contributed by atoms with van der Waals surface area (Å²) in [5.41, 5.74) is 0.839. The van der Waals surface area contributed by atoms with Gasteiger partial charge in [-0.05, 0) is 17.5 Å². The molecule has 5 heteroatoms. The Morgan fingerprint density at radius 3 is 2.87 bits per heavy atom. The molecule has 0 unspecified atom stereocenters. The second-order valence-corrected chi connectivity index (χ2v) is 3.98. The number of nitrogens with one attached hydrogen (secondary N) is 1. The van der Waals surface area contributed by atoms with Crippen LogP contribution in [-0.2, 0) is 0 Å². The highest BCUT2D eigenvalue weighted by Crippen LogP contribution is 2.21. The maximum absolute atomic E-state index is 4.27. The third-order valence-corrected chi connectivity index (χ3v) is 2.86. The quantitative estimate of drug-likeness (QED) is 0.715. The van der Waals surface area contributed by atoms with Crippen molar-refractivity contribution in [2.24, 2.45) is 0 Å². The Morgan fingerprint density at radius 1 is 1.20 bits per heavy atom. The van der Waals surface area contributed by atoms with Crippen LogP contribution in [-0.4, -0.2) is 14.4 Å². The first-order valence-corrected chi connectivity index (χ1v) is 5.40. The molecule has 15 heavy (non-hydrogen) atoms. The summed E-state index contributed by atoms with van der Waals surface area (Å²) in [5, 5.41) is 6.33. The van der Waals surface area contributed by atoms with E-state index in [1.165, 1.54) is 0 Å². The van der Waals surface area contributed by atoms with Crippen molar-refractivity contribution in [3.8, 4) is 0 Å². The highest BCUT2D eigenvalue weighted by Gasteiger charge is 2.03. The number of nitrogens with zero attached hydrogens (tertiary/aromatic N) is 3. The molecular weight excluding hydrogens is 208 g/mol. The number of rotatable bonds is 2. The number of fused-ring (bicyclic) bond motifs is 1. The first-order valence-electron chi connectivity index (χ1n) is 4.52. The maximum Gasteiger partial charge on any atom is 0.180 e. The predicted molar refractivity (Wildman–Crippen MR) is 60.6 cm³/mol. The topological polar surface area (TPSA) is 42.2 Å². The van der Waals surface area contributed by atoms with Gasteiger partial charge in [0.1, 0.15) is 0 Å². The van der Waals surface area contributed by atoms with Gasteiger partial charge in [-0.2, -0.15) is 0 Å². The van der Waals surface area contributed by atoms with E-state index in [0.29, 0.717) is 0 Å². The average Bonchev–Trinajstić information content (AvgIpc) is 2.87. The van der Waals surface area contributed by atoms with Gasteiger partial charge in [0.2, 0.25) is 0 Å². The second kappa shape index (κ2) is 3.36. The third-order valence-electron chi connectivity index (χ3n) is 2.07. The van der Waals surface area contributed by atoms with E-state index in [0.717, 1.165) is 16.5 Å². The van der Waals surface area contributed by atoms with Gasteiger partial charge in [-0.25, -0.2) is 9.97 Å². The Hall–Kier alpha value is -1.88. The van der Waals surface area contributed by atoms with Gasteiger partial charge < -0.3 is 9.72 Å². The summed E-state index contributed by atoms with van der Waals surface area (Å²) < 4.78 is 1.93. The lowest BCUT2D eigenvalue weighted by molar-refractivity contribution is 1.13. The molecule has 0 fully saturated rings. The fourth-order valence-corrected chi connectivity index (χ4v) is 2.03. The number of anilines is 2. The van der Waals surface area contributed by atoms with Crippen LogP contribution < -0.4 is 5.32 Å². The Balaban J connectivity index is 2.07. The van der Waals surface area contributed by atoms with E-state index in [4.69, 9.17) is 0 Å². The van der Waals surface area contributed by atoms with Crippen molar-refractivity contribution in [1.82, 2.24) is 14.4 Å². The largest absolute Gasteiger partial charge is 0.329 e. The monoisotopic (exact) mass is 216 g/mol. The summed E-state index contributed by atoms with van der Waals surface area (Å²) in [6.45, 7) is 0. The maximum atomic E-state index is 4.27. The number of hydrogen-bond acceptors (Lipinski definition) is 4. The van der Waals surface area contributed by atoms with Crippen LogP contribution in [0.25, 0.3) is 5.65 Å². The van der Waals surface area contributed by atoms with Crippen molar-refractivity contribution >= 4 is 27.8 Å². The van der Waals surface area contributed by atoms with Crippen molar-refractivity contribution in [1.29, 1.82) is 0 Å². The smallest absolute Gasteiger partial charge is 0.180 e.